The number of carbonyl (C=O) groups excluding carboxylic acids is 2. The van der Waals surface area contributed by atoms with Crippen molar-refractivity contribution in [3.63, 3.8) is 0 Å². The fourth-order valence-corrected chi connectivity index (χ4v) is 2.85. The number of nitrogens with one attached hydrogen (secondary N) is 1. The molecular weight excluding hydrogens is 421 g/mol. The van der Waals surface area contributed by atoms with Crippen molar-refractivity contribution in [2.24, 2.45) is 5.73 Å². The first-order valence-corrected chi connectivity index (χ1v) is 8.64. The molecule has 0 radical (unpaired) electrons. The molecule has 2 amide bonds. The fraction of sp³-hybridized carbons (Fsp3) is 0.294. The summed E-state index contributed by atoms with van der Waals surface area (Å²) in [5.74, 6) is -0.580. The molecule has 0 aliphatic heterocycles. The zero-order valence-corrected chi connectivity index (χ0v) is 16.0. The van der Waals surface area contributed by atoms with Crippen LogP contribution in [0.1, 0.15) is 46.5 Å². The summed E-state index contributed by atoms with van der Waals surface area (Å²) in [6.45, 7) is 4.16. The number of halogens is 1. The lowest BCUT2D eigenvalue weighted by Crippen LogP contribution is -2.25. The summed E-state index contributed by atoms with van der Waals surface area (Å²) >= 11 is 2.23. The maximum absolute atomic E-state index is 12.2. The number of primary amides is 1. The summed E-state index contributed by atoms with van der Waals surface area (Å²) in [5.41, 5.74) is 6.95. The number of hydrogen-bond acceptors (Lipinski definition) is 3. The summed E-state index contributed by atoms with van der Waals surface area (Å²) in [7, 11) is 1.53. The zero-order chi connectivity index (χ0) is 17.9. The Kier molecular flexibility index (Phi) is 5.87. The fourth-order valence-electron chi connectivity index (χ4n) is 2.49. The number of nitrogens with zero attached hydrogens (tertiary/aromatic N) is 1. The van der Waals surface area contributed by atoms with E-state index in [9.17, 15) is 9.59 Å². The van der Waals surface area contributed by atoms with Crippen LogP contribution in [0, 0.1) is 3.57 Å². The molecule has 3 N–H and O–H groups in total. The van der Waals surface area contributed by atoms with E-state index in [0.29, 0.717) is 18.0 Å². The third-order valence-corrected chi connectivity index (χ3v) is 4.44. The van der Waals surface area contributed by atoms with E-state index >= 15 is 0 Å². The van der Waals surface area contributed by atoms with Crippen molar-refractivity contribution in [3.05, 3.63) is 50.9 Å². The molecule has 1 unspecified atom stereocenters. The lowest BCUT2D eigenvalue weighted by atomic mass is 10.1. The standard InChI is InChI=1S/C17H20IN3O3/c1-4-21-13(16(19)22)9-14(15(21)17(23)20-3)24-10(2)11-5-7-12(18)8-6-11/h5-10H,4H2,1-3H3,(H2,19,22)(H,20,23). The van der Waals surface area contributed by atoms with Gasteiger partial charge in [-0.1, -0.05) is 12.1 Å². The molecule has 0 fully saturated rings. The van der Waals surface area contributed by atoms with Crippen LogP contribution in [0.3, 0.4) is 0 Å². The second-order valence-electron chi connectivity index (χ2n) is 5.24. The van der Waals surface area contributed by atoms with Gasteiger partial charge in [-0.2, -0.15) is 0 Å². The second-order valence-corrected chi connectivity index (χ2v) is 6.49. The molecule has 1 aromatic heterocycles. The average molecular weight is 441 g/mol. The van der Waals surface area contributed by atoms with E-state index in [4.69, 9.17) is 10.5 Å². The highest BCUT2D eigenvalue weighted by Crippen LogP contribution is 2.29. The summed E-state index contributed by atoms with van der Waals surface area (Å²) in [6.07, 6.45) is -0.279. The maximum atomic E-state index is 12.2. The first-order chi connectivity index (χ1) is 11.4. The number of aromatic nitrogens is 1. The highest BCUT2D eigenvalue weighted by atomic mass is 127. The van der Waals surface area contributed by atoms with Crippen LogP contribution in [0.5, 0.6) is 5.75 Å². The van der Waals surface area contributed by atoms with Crippen molar-refractivity contribution < 1.29 is 14.3 Å². The van der Waals surface area contributed by atoms with Crippen LogP contribution in [0.2, 0.25) is 0 Å². The molecule has 2 aromatic rings. The first-order valence-electron chi connectivity index (χ1n) is 7.56. The quantitative estimate of drug-likeness (QED) is 0.677. The number of benzene rings is 1. The summed E-state index contributed by atoms with van der Waals surface area (Å²) in [5, 5.41) is 2.58. The Morgan fingerprint density at radius 1 is 1.33 bits per heavy atom. The van der Waals surface area contributed by atoms with Gasteiger partial charge in [0.05, 0.1) is 0 Å². The maximum Gasteiger partial charge on any atom is 0.271 e. The molecule has 0 spiro atoms. The molecule has 0 saturated heterocycles. The van der Waals surface area contributed by atoms with Crippen LogP contribution in [0.25, 0.3) is 0 Å². The predicted octanol–water partition coefficient (Wildman–Crippen LogP) is 2.71. The predicted molar refractivity (Wildman–Crippen MR) is 100 cm³/mol. The van der Waals surface area contributed by atoms with E-state index in [-0.39, 0.29) is 17.7 Å². The molecule has 1 aromatic carbocycles. The van der Waals surface area contributed by atoms with E-state index in [1.54, 1.807) is 4.57 Å². The van der Waals surface area contributed by atoms with Crippen molar-refractivity contribution in [2.45, 2.75) is 26.5 Å². The number of hydrogen-bond donors (Lipinski definition) is 2. The van der Waals surface area contributed by atoms with E-state index in [2.05, 4.69) is 27.9 Å². The van der Waals surface area contributed by atoms with Gasteiger partial charge in [-0.15, -0.1) is 0 Å². The van der Waals surface area contributed by atoms with Gasteiger partial charge in [0.2, 0.25) is 0 Å². The van der Waals surface area contributed by atoms with Crippen LogP contribution in [-0.4, -0.2) is 23.4 Å². The van der Waals surface area contributed by atoms with E-state index in [0.717, 1.165) is 9.13 Å². The minimum Gasteiger partial charge on any atom is -0.484 e. The van der Waals surface area contributed by atoms with Gasteiger partial charge >= 0.3 is 0 Å². The van der Waals surface area contributed by atoms with Gasteiger partial charge in [0.1, 0.15) is 17.5 Å². The Hall–Kier alpha value is -2.03. The van der Waals surface area contributed by atoms with Gasteiger partial charge in [0.15, 0.2) is 5.75 Å². The van der Waals surface area contributed by atoms with Crippen LogP contribution >= 0.6 is 22.6 Å². The average Bonchev–Trinajstić information content (AvgIpc) is 2.93. The normalized spacial score (nSPS) is 11.8. The molecule has 2 rings (SSSR count). The molecule has 6 nitrogen and oxygen atoms in total. The number of carbonyl (C=O) groups is 2. The first kappa shape index (κ1) is 18.3. The minimum absolute atomic E-state index is 0.251. The topological polar surface area (TPSA) is 86.3 Å². The Labute approximate surface area is 154 Å². The number of ether oxygens (including phenoxy) is 1. The van der Waals surface area contributed by atoms with E-state index < -0.39 is 5.91 Å². The highest BCUT2D eigenvalue weighted by Gasteiger charge is 2.24. The highest BCUT2D eigenvalue weighted by molar-refractivity contribution is 14.1. The van der Waals surface area contributed by atoms with Crippen molar-refractivity contribution in [1.82, 2.24) is 9.88 Å². The van der Waals surface area contributed by atoms with Gasteiger partial charge in [0.25, 0.3) is 11.8 Å². The molecule has 0 bridgehead atoms. The number of amides is 2. The molecular formula is C17H20IN3O3. The Morgan fingerprint density at radius 3 is 2.46 bits per heavy atom. The largest absolute Gasteiger partial charge is 0.484 e. The summed E-state index contributed by atoms with van der Waals surface area (Å²) in [6, 6.07) is 9.44. The van der Waals surface area contributed by atoms with Crippen LogP contribution in [0.15, 0.2) is 30.3 Å². The number of nitrogens with two attached hydrogens (primary N) is 1. The van der Waals surface area contributed by atoms with Crippen molar-refractivity contribution >= 4 is 34.4 Å². The van der Waals surface area contributed by atoms with Crippen molar-refractivity contribution in [1.29, 1.82) is 0 Å². The van der Waals surface area contributed by atoms with E-state index in [1.165, 1.54) is 13.1 Å². The summed E-state index contributed by atoms with van der Waals surface area (Å²) < 4.78 is 8.67. The summed E-state index contributed by atoms with van der Waals surface area (Å²) in [4.78, 5) is 23.9. The second kappa shape index (κ2) is 7.69. The molecule has 24 heavy (non-hydrogen) atoms. The van der Waals surface area contributed by atoms with Gasteiger partial charge in [-0.3, -0.25) is 9.59 Å². The third kappa shape index (κ3) is 3.72. The molecule has 0 aliphatic rings. The molecule has 1 atom stereocenters. The molecule has 0 aliphatic carbocycles. The van der Waals surface area contributed by atoms with Crippen LogP contribution in [0.4, 0.5) is 0 Å². The minimum atomic E-state index is -0.598. The lowest BCUT2D eigenvalue weighted by molar-refractivity contribution is 0.0946. The monoisotopic (exact) mass is 441 g/mol. The molecule has 128 valence electrons. The molecule has 7 heteroatoms. The van der Waals surface area contributed by atoms with Crippen molar-refractivity contribution in [2.75, 3.05) is 7.05 Å². The molecule has 0 saturated carbocycles. The van der Waals surface area contributed by atoms with Crippen LogP contribution in [-0.2, 0) is 6.54 Å². The number of rotatable bonds is 6. The van der Waals surface area contributed by atoms with Gasteiger partial charge in [0, 0.05) is 23.2 Å². The van der Waals surface area contributed by atoms with Crippen molar-refractivity contribution in [3.8, 4) is 5.75 Å². The zero-order valence-electron chi connectivity index (χ0n) is 13.8. The van der Waals surface area contributed by atoms with Crippen LogP contribution < -0.4 is 15.8 Å². The van der Waals surface area contributed by atoms with Gasteiger partial charge in [-0.25, -0.2) is 0 Å². The Morgan fingerprint density at radius 2 is 1.96 bits per heavy atom. The van der Waals surface area contributed by atoms with Gasteiger partial charge < -0.3 is 20.4 Å². The Balaban J connectivity index is 2.43. The van der Waals surface area contributed by atoms with E-state index in [1.807, 2.05) is 38.1 Å². The lowest BCUT2D eigenvalue weighted by Gasteiger charge is -2.16. The van der Waals surface area contributed by atoms with Gasteiger partial charge in [-0.05, 0) is 54.1 Å². The Bertz CT molecular complexity index is 753. The third-order valence-electron chi connectivity index (χ3n) is 3.72. The SMILES string of the molecule is CCn1c(C(N)=O)cc(OC(C)c2ccc(I)cc2)c1C(=O)NC. The molecule has 1 heterocycles. The smallest absolute Gasteiger partial charge is 0.271 e.